The fourth-order valence-corrected chi connectivity index (χ4v) is 0.846. The standard InChI is InChI=1S/C10H20S/c1-9(2)7-5-6-8-10(3,4)11/h5-6,9,11H,7-8H2,1-4H3. The summed E-state index contributed by atoms with van der Waals surface area (Å²) in [7, 11) is 0. The second-order valence-corrected chi connectivity index (χ2v) is 5.33. The molecule has 0 atom stereocenters. The third-order valence-electron chi connectivity index (χ3n) is 1.39. The van der Waals surface area contributed by atoms with Crippen LogP contribution < -0.4 is 0 Å². The summed E-state index contributed by atoms with van der Waals surface area (Å²) in [5.41, 5.74) is 0. The lowest BCUT2D eigenvalue weighted by Crippen LogP contribution is -2.07. The zero-order chi connectivity index (χ0) is 8.91. The van der Waals surface area contributed by atoms with Crippen molar-refractivity contribution in [2.75, 3.05) is 0 Å². The van der Waals surface area contributed by atoms with Crippen molar-refractivity contribution >= 4 is 12.6 Å². The van der Waals surface area contributed by atoms with E-state index in [0.29, 0.717) is 0 Å². The summed E-state index contributed by atoms with van der Waals surface area (Å²) in [5, 5.41) is 0. The van der Waals surface area contributed by atoms with Crippen LogP contribution in [-0.4, -0.2) is 4.75 Å². The van der Waals surface area contributed by atoms with Gasteiger partial charge in [-0.2, -0.15) is 12.6 Å². The van der Waals surface area contributed by atoms with E-state index in [0.717, 1.165) is 12.3 Å². The van der Waals surface area contributed by atoms with Crippen molar-refractivity contribution in [3.8, 4) is 0 Å². The first kappa shape index (κ1) is 11.1. The van der Waals surface area contributed by atoms with Crippen LogP contribution in [0.4, 0.5) is 0 Å². The topological polar surface area (TPSA) is 0 Å². The van der Waals surface area contributed by atoms with Gasteiger partial charge >= 0.3 is 0 Å². The van der Waals surface area contributed by atoms with Gasteiger partial charge in [-0.1, -0.05) is 39.8 Å². The second kappa shape index (κ2) is 4.87. The number of hydrogen-bond donors (Lipinski definition) is 1. The Morgan fingerprint density at radius 1 is 1.27 bits per heavy atom. The van der Waals surface area contributed by atoms with E-state index in [4.69, 9.17) is 0 Å². The minimum absolute atomic E-state index is 0.146. The lowest BCUT2D eigenvalue weighted by Gasteiger charge is -2.13. The molecule has 0 rings (SSSR count). The third kappa shape index (κ3) is 10.1. The summed E-state index contributed by atoms with van der Waals surface area (Å²) in [6.45, 7) is 8.73. The maximum atomic E-state index is 4.43. The van der Waals surface area contributed by atoms with Crippen LogP contribution in [0, 0.1) is 5.92 Å². The van der Waals surface area contributed by atoms with Gasteiger partial charge in [0, 0.05) is 4.75 Å². The molecule has 0 amide bonds. The van der Waals surface area contributed by atoms with E-state index in [-0.39, 0.29) is 4.75 Å². The Morgan fingerprint density at radius 3 is 2.18 bits per heavy atom. The SMILES string of the molecule is CC(C)CC=CCC(C)(C)S. The van der Waals surface area contributed by atoms with Crippen molar-refractivity contribution in [1.29, 1.82) is 0 Å². The van der Waals surface area contributed by atoms with Gasteiger partial charge in [-0.05, 0) is 18.8 Å². The molecule has 0 saturated heterocycles. The molecule has 0 nitrogen and oxygen atoms in total. The third-order valence-corrected chi connectivity index (χ3v) is 1.57. The van der Waals surface area contributed by atoms with E-state index in [2.05, 4.69) is 52.5 Å². The summed E-state index contributed by atoms with van der Waals surface area (Å²) in [5.74, 6) is 0.772. The van der Waals surface area contributed by atoms with Crippen molar-refractivity contribution < 1.29 is 0 Å². The molecule has 0 fully saturated rings. The maximum absolute atomic E-state index is 4.43. The largest absolute Gasteiger partial charge is 0.173 e. The Morgan fingerprint density at radius 2 is 1.82 bits per heavy atom. The average molecular weight is 172 g/mol. The first-order chi connectivity index (χ1) is 4.92. The van der Waals surface area contributed by atoms with Crippen molar-refractivity contribution in [3.05, 3.63) is 12.2 Å². The normalized spacial score (nSPS) is 13.3. The summed E-state index contributed by atoms with van der Waals surface area (Å²) in [6.07, 6.45) is 6.72. The highest BCUT2D eigenvalue weighted by Crippen LogP contribution is 2.17. The van der Waals surface area contributed by atoms with Crippen molar-refractivity contribution in [2.45, 2.75) is 45.3 Å². The summed E-state index contributed by atoms with van der Waals surface area (Å²) in [4.78, 5) is 0. The highest BCUT2D eigenvalue weighted by atomic mass is 32.1. The van der Waals surface area contributed by atoms with Crippen LogP contribution in [0.25, 0.3) is 0 Å². The van der Waals surface area contributed by atoms with Crippen LogP contribution in [0.15, 0.2) is 12.2 Å². The molecule has 0 unspecified atom stereocenters. The first-order valence-corrected chi connectivity index (χ1v) is 4.74. The van der Waals surface area contributed by atoms with E-state index in [1.165, 1.54) is 6.42 Å². The molecule has 0 spiro atoms. The lowest BCUT2D eigenvalue weighted by atomic mass is 10.1. The summed E-state index contributed by atoms with van der Waals surface area (Å²) in [6, 6.07) is 0. The Hall–Kier alpha value is 0.0900. The van der Waals surface area contributed by atoms with Crippen LogP contribution in [0.1, 0.15) is 40.5 Å². The molecule has 0 aliphatic carbocycles. The van der Waals surface area contributed by atoms with Gasteiger partial charge < -0.3 is 0 Å². The highest BCUT2D eigenvalue weighted by Gasteiger charge is 2.07. The molecule has 0 aromatic carbocycles. The molecule has 0 aliphatic heterocycles. The number of thiol groups is 1. The molecule has 1 heteroatoms. The Kier molecular flexibility index (Phi) is 4.91. The molecule has 0 radical (unpaired) electrons. The first-order valence-electron chi connectivity index (χ1n) is 4.29. The molecule has 0 aromatic rings. The monoisotopic (exact) mass is 172 g/mol. The number of rotatable bonds is 4. The van der Waals surface area contributed by atoms with Gasteiger partial charge in [0.25, 0.3) is 0 Å². The zero-order valence-corrected chi connectivity index (χ0v) is 8.99. The molecule has 0 saturated carbocycles. The van der Waals surface area contributed by atoms with E-state index < -0.39 is 0 Å². The summed E-state index contributed by atoms with van der Waals surface area (Å²) < 4.78 is 0.146. The Balaban J connectivity index is 3.46. The van der Waals surface area contributed by atoms with Gasteiger partial charge in [0.2, 0.25) is 0 Å². The molecule has 0 N–H and O–H groups in total. The van der Waals surface area contributed by atoms with Gasteiger partial charge in [-0.15, -0.1) is 0 Å². The quantitative estimate of drug-likeness (QED) is 0.485. The van der Waals surface area contributed by atoms with E-state index >= 15 is 0 Å². The molecular weight excluding hydrogens is 152 g/mol. The van der Waals surface area contributed by atoms with Gasteiger partial charge in [0.1, 0.15) is 0 Å². The van der Waals surface area contributed by atoms with Crippen molar-refractivity contribution in [3.63, 3.8) is 0 Å². The highest BCUT2D eigenvalue weighted by molar-refractivity contribution is 7.81. The molecule has 0 aliphatic rings. The Labute approximate surface area is 76.5 Å². The van der Waals surface area contributed by atoms with E-state index in [1.54, 1.807) is 0 Å². The van der Waals surface area contributed by atoms with Crippen molar-refractivity contribution in [1.82, 2.24) is 0 Å². The number of hydrogen-bond acceptors (Lipinski definition) is 1. The minimum atomic E-state index is 0.146. The second-order valence-electron chi connectivity index (χ2n) is 4.12. The van der Waals surface area contributed by atoms with Gasteiger partial charge in [0.05, 0.1) is 0 Å². The minimum Gasteiger partial charge on any atom is -0.173 e. The molecular formula is C10H20S. The van der Waals surface area contributed by atoms with E-state index in [9.17, 15) is 0 Å². The number of allylic oxidation sites excluding steroid dienone is 2. The van der Waals surface area contributed by atoms with Crippen molar-refractivity contribution in [2.24, 2.45) is 5.92 Å². The van der Waals surface area contributed by atoms with Crippen LogP contribution in [0.5, 0.6) is 0 Å². The maximum Gasteiger partial charge on any atom is 0.0108 e. The fraction of sp³-hybridized carbons (Fsp3) is 0.800. The van der Waals surface area contributed by atoms with E-state index in [1.807, 2.05) is 0 Å². The smallest absolute Gasteiger partial charge is 0.0108 e. The predicted octanol–water partition coefficient (Wildman–Crippen LogP) is 3.69. The van der Waals surface area contributed by atoms with Crippen LogP contribution >= 0.6 is 12.6 Å². The van der Waals surface area contributed by atoms with Gasteiger partial charge in [-0.3, -0.25) is 0 Å². The molecule has 11 heavy (non-hydrogen) atoms. The fourth-order valence-electron chi connectivity index (χ4n) is 0.740. The van der Waals surface area contributed by atoms with Crippen LogP contribution in [0.2, 0.25) is 0 Å². The lowest BCUT2D eigenvalue weighted by molar-refractivity contribution is 0.658. The van der Waals surface area contributed by atoms with Crippen LogP contribution in [-0.2, 0) is 0 Å². The van der Waals surface area contributed by atoms with Crippen LogP contribution in [0.3, 0.4) is 0 Å². The molecule has 0 heterocycles. The van der Waals surface area contributed by atoms with Gasteiger partial charge in [-0.25, -0.2) is 0 Å². The van der Waals surface area contributed by atoms with Gasteiger partial charge in [0.15, 0.2) is 0 Å². The Bertz CT molecular complexity index is 117. The predicted molar refractivity (Wildman–Crippen MR) is 56.3 cm³/mol. The molecule has 0 aromatic heterocycles. The molecule has 66 valence electrons. The zero-order valence-electron chi connectivity index (χ0n) is 8.09. The summed E-state index contributed by atoms with van der Waals surface area (Å²) >= 11 is 4.43. The molecule has 0 bridgehead atoms. The average Bonchev–Trinajstić information content (AvgIpc) is 1.78.